The molecule has 5 nitrogen and oxygen atoms in total. The van der Waals surface area contributed by atoms with Gasteiger partial charge in [-0.3, -0.25) is 9.52 Å². The Morgan fingerprint density at radius 3 is 2.43 bits per heavy atom. The number of nitrogens with one attached hydrogen (secondary N) is 1. The van der Waals surface area contributed by atoms with Crippen LogP contribution in [0.15, 0.2) is 34.5 Å². The van der Waals surface area contributed by atoms with E-state index in [-0.39, 0.29) is 19.9 Å². The van der Waals surface area contributed by atoms with E-state index >= 15 is 0 Å². The summed E-state index contributed by atoms with van der Waals surface area (Å²) in [6.45, 7) is 1.30. The van der Waals surface area contributed by atoms with E-state index in [9.17, 15) is 13.2 Å². The van der Waals surface area contributed by atoms with Crippen LogP contribution in [0.3, 0.4) is 0 Å². The van der Waals surface area contributed by atoms with Crippen LogP contribution in [0.25, 0.3) is 0 Å². The van der Waals surface area contributed by atoms with Gasteiger partial charge in [-0.25, -0.2) is 8.42 Å². The maximum absolute atomic E-state index is 12.4. The topological polar surface area (TPSA) is 72.5 Å². The first-order valence-corrected chi connectivity index (χ1v) is 8.48. The smallest absolute Gasteiger partial charge is 0.272 e. The normalized spacial score (nSPS) is 11.2. The van der Waals surface area contributed by atoms with Crippen LogP contribution in [0.5, 0.6) is 5.75 Å². The highest BCUT2D eigenvalue weighted by molar-refractivity contribution is 7.94. The van der Waals surface area contributed by atoms with Gasteiger partial charge in [0.1, 0.15) is 5.75 Å². The van der Waals surface area contributed by atoms with Gasteiger partial charge in [-0.1, -0.05) is 11.6 Å². The third kappa shape index (κ3) is 3.55. The van der Waals surface area contributed by atoms with E-state index < -0.39 is 10.0 Å². The van der Waals surface area contributed by atoms with Gasteiger partial charge in [0.25, 0.3) is 10.0 Å². The second-order valence-electron chi connectivity index (χ2n) is 4.14. The van der Waals surface area contributed by atoms with Crippen molar-refractivity contribution in [3.63, 3.8) is 0 Å². The summed E-state index contributed by atoms with van der Waals surface area (Å²) < 4.78 is 32.3. The summed E-state index contributed by atoms with van der Waals surface area (Å²) in [5.74, 6) is 0.259. The second-order valence-corrected chi connectivity index (χ2v) is 7.70. The fourth-order valence-electron chi connectivity index (χ4n) is 1.65. The first-order chi connectivity index (χ1) is 9.83. The Labute approximate surface area is 131 Å². The molecule has 0 radical (unpaired) electrons. The van der Waals surface area contributed by atoms with Gasteiger partial charge in [0, 0.05) is 5.69 Å². The molecule has 0 amide bonds. The van der Waals surface area contributed by atoms with Crippen molar-refractivity contribution in [1.82, 2.24) is 0 Å². The Bertz CT molecular complexity index is 766. The number of anilines is 1. The van der Waals surface area contributed by atoms with Crippen molar-refractivity contribution in [2.45, 2.75) is 11.1 Å². The maximum atomic E-state index is 12.4. The summed E-state index contributed by atoms with van der Waals surface area (Å²) in [6.07, 6.45) is 0. The minimum Gasteiger partial charge on any atom is -0.497 e. The van der Waals surface area contributed by atoms with Crippen LogP contribution in [0.1, 0.15) is 17.3 Å². The lowest BCUT2D eigenvalue weighted by Gasteiger charge is -2.08. The number of hydrogen-bond donors (Lipinski definition) is 1. The first-order valence-electron chi connectivity index (χ1n) is 5.80. The summed E-state index contributed by atoms with van der Waals surface area (Å²) in [4.78, 5) is 11.5. The number of carbonyl (C=O) groups excluding carboxylic acids is 1. The lowest BCUT2D eigenvalue weighted by atomic mass is 10.2. The molecule has 0 spiro atoms. The molecule has 0 aliphatic rings. The second kappa shape index (κ2) is 6.05. The molecule has 0 bridgehead atoms. The molecule has 2 rings (SSSR count). The summed E-state index contributed by atoms with van der Waals surface area (Å²) in [5, 5.41) is 0. The predicted octanol–water partition coefficient (Wildman–Crippen LogP) is 3.41. The summed E-state index contributed by atoms with van der Waals surface area (Å²) in [7, 11) is -2.35. The quantitative estimate of drug-likeness (QED) is 0.843. The Morgan fingerprint density at radius 2 is 1.90 bits per heavy atom. The van der Waals surface area contributed by atoms with Crippen LogP contribution in [-0.4, -0.2) is 21.3 Å². The number of ether oxygens (including phenoxy) is 1. The molecule has 112 valence electrons. The van der Waals surface area contributed by atoms with Crippen LogP contribution >= 0.6 is 22.9 Å². The van der Waals surface area contributed by atoms with Crippen molar-refractivity contribution in [2.75, 3.05) is 11.8 Å². The maximum Gasteiger partial charge on any atom is 0.272 e. The molecule has 0 unspecified atom stereocenters. The van der Waals surface area contributed by atoms with Gasteiger partial charge in [-0.05, 0) is 37.3 Å². The van der Waals surface area contributed by atoms with E-state index in [0.29, 0.717) is 11.4 Å². The summed E-state index contributed by atoms with van der Waals surface area (Å²) in [6, 6.07) is 7.76. The van der Waals surface area contributed by atoms with Gasteiger partial charge in [-0.15, -0.1) is 11.3 Å². The van der Waals surface area contributed by atoms with Crippen molar-refractivity contribution >= 4 is 44.4 Å². The number of ketones is 1. The van der Waals surface area contributed by atoms with E-state index in [1.165, 1.54) is 20.1 Å². The molecule has 21 heavy (non-hydrogen) atoms. The minimum atomic E-state index is -3.87. The van der Waals surface area contributed by atoms with Gasteiger partial charge >= 0.3 is 0 Å². The monoisotopic (exact) mass is 345 g/mol. The highest BCUT2D eigenvalue weighted by atomic mass is 35.5. The van der Waals surface area contributed by atoms with Crippen LogP contribution in [0.2, 0.25) is 4.34 Å². The van der Waals surface area contributed by atoms with Gasteiger partial charge in [0.15, 0.2) is 9.99 Å². The number of benzene rings is 1. The van der Waals surface area contributed by atoms with Gasteiger partial charge in [0.2, 0.25) is 0 Å². The number of Topliss-reactive ketones (excluding diaryl/α,β-unsaturated/α-hetero) is 1. The Hall–Kier alpha value is -1.57. The predicted molar refractivity (Wildman–Crippen MR) is 83.1 cm³/mol. The van der Waals surface area contributed by atoms with E-state index in [1.54, 1.807) is 24.3 Å². The van der Waals surface area contributed by atoms with Crippen LogP contribution in [0.4, 0.5) is 5.69 Å². The van der Waals surface area contributed by atoms with Gasteiger partial charge < -0.3 is 4.74 Å². The molecular weight excluding hydrogens is 334 g/mol. The number of thiophene rings is 1. The number of carbonyl (C=O) groups is 1. The third-order valence-corrected chi connectivity index (χ3v) is 5.81. The molecule has 0 aliphatic carbocycles. The van der Waals surface area contributed by atoms with Crippen molar-refractivity contribution in [2.24, 2.45) is 0 Å². The molecule has 1 aromatic carbocycles. The third-order valence-electron chi connectivity index (χ3n) is 2.63. The summed E-state index contributed by atoms with van der Waals surface area (Å²) in [5.41, 5.74) is 0.459. The molecule has 0 fully saturated rings. The fraction of sp³-hybridized carbons (Fsp3) is 0.154. The number of hydrogen-bond acceptors (Lipinski definition) is 5. The van der Waals surface area contributed by atoms with Crippen LogP contribution < -0.4 is 9.46 Å². The van der Waals surface area contributed by atoms with Crippen LogP contribution in [0, 0.1) is 0 Å². The number of methoxy groups -OCH3 is 1. The lowest BCUT2D eigenvalue weighted by Crippen LogP contribution is -2.14. The molecule has 1 aromatic heterocycles. The zero-order valence-electron chi connectivity index (χ0n) is 11.2. The number of halogens is 1. The van der Waals surface area contributed by atoms with E-state index in [2.05, 4.69) is 4.72 Å². The Kier molecular flexibility index (Phi) is 4.55. The molecule has 0 aliphatic heterocycles. The standard InChI is InChI=1S/C13H12ClNO4S2/c1-8(16)11-7-12(14)20-13(11)21(17,18)15-9-3-5-10(19-2)6-4-9/h3-7,15H,1-2H3. The molecule has 0 saturated carbocycles. The van der Waals surface area contributed by atoms with Crippen molar-refractivity contribution in [3.8, 4) is 5.75 Å². The first kappa shape index (κ1) is 15.8. The number of rotatable bonds is 5. The van der Waals surface area contributed by atoms with E-state index in [1.807, 2.05) is 0 Å². The van der Waals surface area contributed by atoms with Crippen molar-refractivity contribution < 1.29 is 17.9 Å². The highest BCUT2D eigenvalue weighted by Crippen LogP contribution is 2.32. The van der Waals surface area contributed by atoms with Crippen molar-refractivity contribution in [1.29, 1.82) is 0 Å². The molecule has 8 heteroatoms. The average molecular weight is 346 g/mol. The fourth-order valence-corrected chi connectivity index (χ4v) is 4.66. The Morgan fingerprint density at radius 1 is 1.29 bits per heavy atom. The van der Waals surface area contributed by atoms with Gasteiger partial charge in [0.05, 0.1) is 17.0 Å². The minimum absolute atomic E-state index is 0.0872. The number of sulfonamides is 1. The molecular formula is C13H12ClNO4S2. The zero-order chi connectivity index (χ0) is 15.6. The SMILES string of the molecule is COc1ccc(NS(=O)(=O)c2sc(Cl)cc2C(C)=O)cc1. The van der Waals surface area contributed by atoms with Gasteiger partial charge in [-0.2, -0.15) is 0 Å². The molecule has 0 atom stereocenters. The van der Waals surface area contributed by atoms with E-state index in [4.69, 9.17) is 16.3 Å². The molecule has 0 saturated heterocycles. The zero-order valence-corrected chi connectivity index (χ0v) is 13.6. The molecule has 2 aromatic rings. The molecule has 1 N–H and O–H groups in total. The highest BCUT2D eigenvalue weighted by Gasteiger charge is 2.24. The lowest BCUT2D eigenvalue weighted by molar-refractivity contribution is 0.101. The Balaban J connectivity index is 2.35. The summed E-state index contributed by atoms with van der Waals surface area (Å²) >= 11 is 6.66. The molecule has 1 heterocycles. The van der Waals surface area contributed by atoms with Crippen LogP contribution in [-0.2, 0) is 10.0 Å². The largest absolute Gasteiger partial charge is 0.497 e. The van der Waals surface area contributed by atoms with E-state index in [0.717, 1.165) is 11.3 Å². The average Bonchev–Trinajstić information content (AvgIpc) is 2.82. The van der Waals surface area contributed by atoms with Crippen molar-refractivity contribution in [3.05, 3.63) is 40.2 Å².